The molecule has 0 radical (unpaired) electrons. The summed E-state index contributed by atoms with van der Waals surface area (Å²) in [5, 5.41) is 2.87. The van der Waals surface area contributed by atoms with E-state index in [2.05, 4.69) is 22.3 Å². The van der Waals surface area contributed by atoms with Gasteiger partial charge in [-0.3, -0.25) is 4.98 Å². The first-order chi connectivity index (χ1) is 4.93. The summed E-state index contributed by atoms with van der Waals surface area (Å²) in [4.78, 5) is 3.91. The van der Waals surface area contributed by atoms with Gasteiger partial charge in [-0.1, -0.05) is 5.92 Å². The van der Waals surface area contributed by atoms with Crippen LogP contribution in [0.2, 0.25) is 0 Å². The molecule has 0 fully saturated rings. The van der Waals surface area contributed by atoms with Gasteiger partial charge < -0.3 is 5.32 Å². The molecule has 10 heavy (non-hydrogen) atoms. The van der Waals surface area contributed by atoms with E-state index in [4.69, 9.17) is 0 Å². The molecule has 0 amide bonds. The van der Waals surface area contributed by atoms with Gasteiger partial charge in [-0.25, -0.2) is 0 Å². The van der Waals surface area contributed by atoms with Crippen molar-refractivity contribution in [3.63, 3.8) is 0 Å². The van der Waals surface area contributed by atoms with Crippen molar-refractivity contribution in [1.82, 2.24) is 4.98 Å². The molecule has 0 aromatic carbocycles. The van der Waals surface area contributed by atoms with Gasteiger partial charge in [0.25, 0.3) is 0 Å². The summed E-state index contributed by atoms with van der Waals surface area (Å²) in [6.45, 7) is 1.78. The summed E-state index contributed by atoms with van der Waals surface area (Å²) in [5.74, 6) is 2.73. The summed E-state index contributed by atoms with van der Waals surface area (Å²) in [6, 6.07) is 6.50. The molecule has 0 unspecified atom stereocenters. The smallest absolute Gasteiger partial charge is 0.0642 e. The summed E-state index contributed by atoms with van der Waals surface area (Å²) >= 11 is 0. The van der Waals surface area contributed by atoms with E-state index in [1.807, 2.05) is 12.1 Å². The third-order valence-corrected chi connectivity index (χ3v) is 0.993. The molecule has 1 aromatic heterocycles. The van der Waals surface area contributed by atoms with E-state index in [9.17, 15) is 0 Å². The third-order valence-electron chi connectivity index (χ3n) is 0.993. The maximum absolute atomic E-state index is 3.91. The lowest BCUT2D eigenvalue weighted by atomic mass is 10.4. The molecule has 1 aromatic rings. The standard InChI is InChI=1S/C8H8N2/c1-2-5-10-8-4-3-6-9-7-8/h3-4,6-7,10H,1H3. The highest BCUT2D eigenvalue weighted by Gasteiger charge is 1.81. The van der Waals surface area contributed by atoms with E-state index in [0.717, 1.165) is 5.69 Å². The van der Waals surface area contributed by atoms with Crippen LogP contribution in [0, 0.1) is 12.0 Å². The molecule has 0 atom stereocenters. The zero-order valence-corrected chi connectivity index (χ0v) is 5.76. The van der Waals surface area contributed by atoms with Crippen LogP contribution in [-0.4, -0.2) is 4.98 Å². The van der Waals surface area contributed by atoms with E-state index in [1.54, 1.807) is 19.3 Å². The highest BCUT2D eigenvalue weighted by atomic mass is 14.8. The van der Waals surface area contributed by atoms with Crippen molar-refractivity contribution >= 4 is 5.69 Å². The molecule has 0 saturated heterocycles. The first kappa shape index (κ1) is 6.63. The van der Waals surface area contributed by atoms with Gasteiger partial charge >= 0.3 is 0 Å². The third kappa shape index (κ3) is 1.79. The van der Waals surface area contributed by atoms with Crippen LogP contribution in [0.1, 0.15) is 6.92 Å². The lowest BCUT2D eigenvalue weighted by Crippen LogP contribution is -1.86. The average molecular weight is 132 g/mol. The molecule has 1 rings (SSSR count). The summed E-state index contributed by atoms with van der Waals surface area (Å²) in [7, 11) is 0. The Labute approximate surface area is 60.3 Å². The number of rotatable bonds is 1. The number of hydrogen-bond donors (Lipinski definition) is 1. The molecule has 0 aliphatic heterocycles. The van der Waals surface area contributed by atoms with Gasteiger partial charge in [0.15, 0.2) is 0 Å². The Kier molecular flexibility index (Phi) is 2.33. The highest BCUT2D eigenvalue weighted by molar-refractivity contribution is 5.44. The van der Waals surface area contributed by atoms with E-state index >= 15 is 0 Å². The Bertz CT molecular complexity index is 243. The van der Waals surface area contributed by atoms with Gasteiger partial charge in [-0.2, -0.15) is 0 Å². The van der Waals surface area contributed by atoms with E-state index in [0.29, 0.717) is 0 Å². The Morgan fingerprint density at radius 3 is 3.10 bits per heavy atom. The molecule has 0 bridgehead atoms. The molecule has 2 heteroatoms. The van der Waals surface area contributed by atoms with Gasteiger partial charge in [0.2, 0.25) is 0 Å². The number of nitrogens with one attached hydrogen (secondary N) is 1. The zero-order valence-electron chi connectivity index (χ0n) is 5.76. The highest BCUT2D eigenvalue weighted by Crippen LogP contribution is 1.99. The minimum atomic E-state index is 0.928. The van der Waals surface area contributed by atoms with Crippen molar-refractivity contribution in [3.8, 4) is 12.0 Å². The summed E-state index contributed by atoms with van der Waals surface area (Å²) in [5.41, 5.74) is 0.928. The second-order valence-electron chi connectivity index (χ2n) is 1.74. The minimum Gasteiger partial charge on any atom is -0.313 e. The van der Waals surface area contributed by atoms with Crippen molar-refractivity contribution in [2.45, 2.75) is 6.92 Å². The van der Waals surface area contributed by atoms with Crippen LogP contribution >= 0.6 is 0 Å². The van der Waals surface area contributed by atoms with Crippen LogP contribution < -0.4 is 5.32 Å². The zero-order chi connectivity index (χ0) is 7.23. The fourth-order valence-electron chi connectivity index (χ4n) is 0.571. The molecule has 0 aliphatic rings. The number of anilines is 1. The van der Waals surface area contributed by atoms with Crippen LogP contribution in [0.25, 0.3) is 0 Å². The summed E-state index contributed by atoms with van der Waals surface area (Å²) in [6.07, 6.45) is 3.45. The van der Waals surface area contributed by atoms with Gasteiger partial charge in [0, 0.05) is 12.2 Å². The quantitative estimate of drug-likeness (QED) is 0.462. The van der Waals surface area contributed by atoms with E-state index < -0.39 is 0 Å². The van der Waals surface area contributed by atoms with Crippen LogP contribution in [0.15, 0.2) is 24.5 Å². The second kappa shape index (κ2) is 3.52. The molecular formula is C8H8N2. The van der Waals surface area contributed by atoms with Crippen LogP contribution in [0.5, 0.6) is 0 Å². The molecule has 0 spiro atoms. The second-order valence-corrected chi connectivity index (χ2v) is 1.74. The van der Waals surface area contributed by atoms with E-state index in [-0.39, 0.29) is 0 Å². The predicted molar refractivity (Wildman–Crippen MR) is 41.3 cm³/mol. The molecule has 1 heterocycles. The average Bonchev–Trinajstić information content (AvgIpc) is 2.03. The van der Waals surface area contributed by atoms with Crippen molar-refractivity contribution < 1.29 is 0 Å². The van der Waals surface area contributed by atoms with Gasteiger partial charge in [-0.15, -0.1) is 0 Å². The maximum Gasteiger partial charge on any atom is 0.0642 e. The Morgan fingerprint density at radius 1 is 1.60 bits per heavy atom. The van der Waals surface area contributed by atoms with Crippen molar-refractivity contribution in [2.24, 2.45) is 0 Å². The molecule has 1 N–H and O–H groups in total. The topological polar surface area (TPSA) is 24.9 Å². The Hall–Kier alpha value is -1.49. The van der Waals surface area contributed by atoms with Gasteiger partial charge in [0.1, 0.15) is 0 Å². The first-order valence-corrected chi connectivity index (χ1v) is 3.01. The van der Waals surface area contributed by atoms with Gasteiger partial charge in [0.05, 0.1) is 11.9 Å². The Balaban J connectivity index is 2.64. The number of nitrogens with zero attached hydrogens (tertiary/aromatic N) is 1. The van der Waals surface area contributed by atoms with E-state index in [1.165, 1.54) is 0 Å². The summed E-state index contributed by atoms with van der Waals surface area (Å²) < 4.78 is 0. The molecular weight excluding hydrogens is 124 g/mol. The van der Waals surface area contributed by atoms with Gasteiger partial charge in [-0.05, 0) is 19.1 Å². The SMILES string of the molecule is CC#CNc1cccnc1. The van der Waals surface area contributed by atoms with Crippen LogP contribution in [-0.2, 0) is 0 Å². The van der Waals surface area contributed by atoms with Crippen molar-refractivity contribution in [1.29, 1.82) is 0 Å². The first-order valence-electron chi connectivity index (χ1n) is 3.01. The largest absolute Gasteiger partial charge is 0.313 e. The fraction of sp³-hybridized carbons (Fsp3) is 0.125. The number of aromatic nitrogens is 1. The Morgan fingerprint density at radius 2 is 2.50 bits per heavy atom. The molecule has 2 nitrogen and oxygen atoms in total. The lowest BCUT2D eigenvalue weighted by molar-refractivity contribution is 1.33. The van der Waals surface area contributed by atoms with Crippen LogP contribution in [0.3, 0.4) is 0 Å². The molecule has 0 saturated carbocycles. The molecule has 50 valence electrons. The molecule has 0 aliphatic carbocycles. The predicted octanol–water partition coefficient (Wildman–Crippen LogP) is 1.47. The monoisotopic (exact) mass is 132 g/mol. The normalized spacial score (nSPS) is 7.70. The number of pyridine rings is 1. The number of hydrogen-bond acceptors (Lipinski definition) is 2. The lowest BCUT2D eigenvalue weighted by Gasteiger charge is -1.93. The van der Waals surface area contributed by atoms with Crippen molar-refractivity contribution in [2.75, 3.05) is 5.32 Å². The van der Waals surface area contributed by atoms with Crippen LogP contribution in [0.4, 0.5) is 5.69 Å². The minimum absolute atomic E-state index is 0.928. The maximum atomic E-state index is 3.91. The van der Waals surface area contributed by atoms with Crippen molar-refractivity contribution in [3.05, 3.63) is 24.5 Å². The fourth-order valence-corrected chi connectivity index (χ4v) is 0.571.